The molecule has 1 aromatic carbocycles. The number of carbonyl (C=O) groups excluding carboxylic acids is 1. The topological polar surface area (TPSA) is 38.1 Å². The van der Waals surface area contributed by atoms with Crippen LogP contribution in [0.5, 0.6) is 0 Å². The molecule has 1 amide bonds. The Bertz CT molecular complexity index is 621. The zero-order chi connectivity index (χ0) is 14.7. The first-order chi connectivity index (χ1) is 9.47. The summed E-state index contributed by atoms with van der Waals surface area (Å²) in [5, 5.41) is 4.32. The van der Waals surface area contributed by atoms with Crippen molar-refractivity contribution < 1.29 is 4.79 Å². The lowest BCUT2D eigenvalue weighted by Crippen LogP contribution is -2.30. The van der Waals surface area contributed by atoms with E-state index >= 15 is 0 Å². The lowest BCUT2D eigenvalue weighted by atomic mass is 10.2. The molecule has 0 atom stereocenters. The number of halogens is 1. The van der Waals surface area contributed by atoms with E-state index in [-0.39, 0.29) is 12.5 Å². The minimum atomic E-state index is 0.0481. The summed E-state index contributed by atoms with van der Waals surface area (Å²) in [6, 6.07) is 9.90. The molecule has 20 heavy (non-hydrogen) atoms. The molecule has 0 radical (unpaired) electrons. The Morgan fingerprint density at radius 2 is 2.05 bits per heavy atom. The first-order valence-corrected chi connectivity index (χ1v) is 7.25. The molecule has 1 heterocycles. The van der Waals surface area contributed by atoms with Gasteiger partial charge < -0.3 is 4.90 Å². The van der Waals surface area contributed by atoms with E-state index in [2.05, 4.69) is 21.0 Å². The number of aryl methyl sites for hydroxylation is 2. The smallest absolute Gasteiger partial charge is 0.244 e. The molecule has 1 aromatic heterocycles. The van der Waals surface area contributed by atoms with Gasteiger partial charge in [0.05, 0.1) is 5.69 Å². The van der Waals surface area contributed by atoms with Gasteiger partial charge in [0, 0.05) is 23.8 Å². The van der Waals surface area contributed by atoms with Gasteiger partial charge in [-0.1, -0.05) is 34.1 Å². The van der Waals surface area contributed by atoms with E-state index in [1.54, 1.807) is 9.58 Å². The highest BCUT2D eigenvalue weighted by molar-refractivity contribution is 9.10. The summed E-state index contributed by atoms with van der Waals surface area (Å²) in [6.45, 7) is 4.75. The van der Waals surface area contributed by atoms with Gasteiger partial charge in [-0.2, -0.15) is 5.10 Å². The molecule has 106 valence electrons. The number of hydrogen-bond donors (Lipinski definition) is 0. The summed E-state index contributed by atoms with van der Waals surface area (Å²) in [5.74, 6) is 0.0481. The van der Waals surface area contributed by atoms with Crippen molar-refractivity contribution in [2.24, 2.45) is 0 Å². The Morgan fingerprint density at radius 1 is 1.35 bits per heavy atom. The Balaban J connectivity index is 2.02. The van der Waals surface area contributed by atoms with Crippen LogP contribution in [0, 0.1) is 13.8 Å². The summed E-state index contributed by atoms with van der Waals surface area (Å²) in [4.78, 5) is 14.0. The normalized spacial score (nSPS) is 10.6. The maximum atomic E-state index is 12.2. The molecular weight excluding hydrogens is 318 g/mol. The van der Waals surface area contributed by atoms with Crippen molar-refractivity contribution in [2.75, 3.05) is 7.05 Å². The van der Waals surface area contributed by atoms with Crippen molar-refractivity contribution in [3.05, 3.63) is 51.8 Å². The Kier molecular flexibility index (Phi) is 4.60. The Labute approximate surface area is 127 Å². The molecule has 5 heteroatoms. The van der Waals surface area contributed by atoms with E-state index in [4.69, 9.17) is 0 Å². The largest absolute Gasteiger partial charge is 0.340 e. The summed E-state index contributed by atoms with van der Waals surface area (Å²) in [7, 11) is 1.81. The maximum absolute atomic E-state index is 12.2. The Hall–Kier alpha value is -1.62. The number of likely N-dealkylation sites (N-methyl/N-ethyl adjacent to an activating group) is 1. The molecule has 0 saturated carbocycles. The minimum absolute atomic E-state index is 0.0481. The van der Waals surface area contributed by atoms with Crippen LogP contribution in [0.25, 0.3) is 0 Å². The van der Waals surface area contributed by atoms with Gasteiger partial charge in [-0.25, -0.2) is 0 Å². The highest BCUT2D eigenvalue weighted by Gasteiger charge is 2.13. The fourth-order valence-electron chi connectivity index (χ4n) is 2.05. The van der Waals surface area contributed by atoms with Crippen LogP contribution in [0.1, 0.15) is 17.0 Å². The molecule has 0 aliphatic rings. The van der Waals surface area contributed by atoms with Crippen LogP contribution >= 0.6 is 15.9 Å². The zero-order valence-corrected chi connectivity index (χ0v) is 13.5. The standard InChI is InChI=1S/C15H18BrN3O/c1-11-8-12(2)19(17-11)10-15(20)18(3)9-13-6-4-5-7-14(13)16/h4-8H,9-10H2,1-3H3. The lowest BCUT2D eigenvalue weighted by molar-refractivity contribution is -0.131. The number of carbonyl (C=O) groups is 1. The van der Waals surface area contributed by atoms with Crippen LogP contribution in [0.4, 0.5) is 0 Å². The molecule has 0 fully saturated rings. The lowest BCUT2D eigenvalue weighted by Gasteiger charge is -2.18. The maximum Gasteiger partial charge on any atom is 0.244 e. The molecular formula is C15H18BrN3O. The third-order valence-electron chi connectivity index (χ3n) is 3.18. The monoisotopic (exact) mass is 335 g/mol. The van der Waals surface area contributed by atoms with Crippen molar-refractivity contribution in [3.8, 4) is 0 Å². The predicted octanol–water partition coefficient (Wildman–Crippen LogP) is 2.92. The second kappa shape index (κ2) is 6.22. The van der Waals surface area contributed by atoms with E-state index in [0.717, 1.165) is 21.4 Å². The van der Waals surface area contributed by atoms with Crippen molar-refractivity contribution >= 4 is 21.8 Å². The average Bonchev–Trinajstić information content (AvgIpc) is 2.70. The number of amides is 1. The Morgan fingerprint density at radius 3 is 2.65 bits per heavy atom. The average molecular weight is 336 g/mol. The number of hydrogen-bond acceptors (Lipinski definition) is 2. The fourth-order valence-corrected chi connectivity index (χ4v) is 2.46. The quantitative estimate of drug-likeness (QED) is 0.861. The van der Waals surface area contributed by atoms with Gasteiger partial charge in [0.1, 0.15) is 6.54 Å². The van der Waals surface area contributed by atoms with Crippen molar-refractivity contribution in [1.29, 1.82) is 0 Å². The van der Waals surface area contributed by atoms with Crippen LogP contribution in [0.2, 0.25) is 0 Å². The molecule has 0 N–H and O–H groups in total. The molecule has 2 rings (SSSR count). The van der Waals surface area contributed by atoms with Gasteiger partial charge in [-0.15, -0.1) is 0 Å². The summed E-state index contributed by atoms with van der Waals surface area (Å²) in [5.41, 5.74) is 3.03. The third-order valence-corrected chi connectivity index (χ3v) is 3.95. The zero-order valence-electron chi connectivity index (χ0n) is 11.9. The first kappa shape index (κ1) is 14.8. The van der Waals surface area contributed by atoms with Crippen molar-refractivity contribution in [3.63, 3.8) is 0 Å². The predicted molar refractivity (Wildman–Crippen MR) is 82.3 cm³/mol. The molecule has 4 nitrogen and oxygen atoms in total. The number of rotatable bonds is 4. The first-order valence-electron chi connectivity index (χ1n) is 6.46. The van der Waals surface area contributed by atoms with E-state index in [9.17, 15) is 4.79 Å². The summed E-state index contributed by atoms with van der Waals surface area (Å²) in [6.07, 6.45) is 0. The number of aromatic nitrogens is 2. The van der Waals surface area contributed by atoms with Gasteiger partial charge in [0.25, 0.3) is 0 Å². The van der Waals surface area contributed by atoms with Crippen molar-refractivity contribution in [2.45, 2.75) is 26.9 Å². The number of benzene rings is 1. The van der Waals surface area contributed by atoms with Crippen molar-refractivity contribution in [1.82, 2.24) is 14.7 Å². The van der Waals surface area contributed by atoms with Gasteiger partial charge in [-0.3, -0.25) is 9.48 Å². The molecule has 0 bridgehead atoms. The van der Waals surface area contributed by atoms with Gasteiger partial charge >= 0.3 is 0 Å². The third kappa shape index (κ3) is 3.48. The molecule has 0 aliphatic heterocycles. The molecule has 0 aliphatic carbocycles. The highest BCUT2D eigenvalue weighted by atomic mass is 79.9. The molecule has 2 aromatic rings. The molecule has 0 unspecified atom stereocenters. The fraction of sp³-hybridized carbons (Fsp3) is 0.333. The van der Waals surface area contributed by atoms with Crippen LogP contribution < -0.4 is 0 Å². The van der Waals surface area contributed by atoms with E-state index in [1.807, 2.05) is 51.2 Å². The summed E-state index contributed by atoms with van der Waals surface area (Å²) >= 11 is 3.50. The molecule has 0 spiro atoms. The SMILES string of the molecule is Cc1cc(C)n(CC(=O)N(C)Cc2ccccc2Br)n1. The second-order valence-corrected chi connectivity index (χ2v) is 5.78. The van der Waals surface area contributed by atoms with Crippen LogP contribution in [-0.2, 0) is 17.9 Å². The second-order valence-electron chi connectivity index (χ2n) is 4.93. The van der Waals surface area contributed by atoms with E-state index in [1.165, 1.54) is 0 Å². The van der Waals surface area contributed by atoms with Crippen LogP contribution in [0.15, 0.2) is 34.8 Å². The molecule has 0 saturated heterocycles. The highest BCUT2D eigenvalue weighted by Crippen LogP contribution is 2.17. The number of nitrogens with zero attached hydrogens (tertiary/aromatic N) is 3. The van der Waals surface area contributed by atoms with E-state index in [0.29, 0.717) is 6.54 Å². The van der Waals surface area contributed by atoms with Crippen LogP contribution in [-0.4, -0.2) is 27.6 Å². The van der Waals surface area contributed by atoms with Crippen LogP contribution in [0.3, 0.4) is 0 Å². The van der Waals surface area contributed by atoms with Gasteiger partial charge in [0.2, 0.25) is 5.91 Å². The minimum Gasteiger partial charge on any atom is -0.340 e. The summed E-state index contributed by atoms with van der Waals surface area (Å²) < 4.78 is 2.76. The van der Waals surface area contributed by atoms with Gasteiger partial charge in [-0.05, 0) is 31.5 Å². The van der Waals surface area contributed by atoms with E-state index < -0.39 is 0 Å². The van der Waals surface area contributed by atoms with Gasteiger partial charge in [0.15, 0.2) is 0 Å².